The smallest absolute Gasteiger partial charge is 0.228 e. The molecule has 1 amide bonds. The third-order valence-corrected chi connectivity index (χ3v) is 3.69. The predicted molar refractivity (Wildman–Crippen MR) is 86.8 cm³/mol. The Kier molecular flexibility index (Phi) is 4.45. The number of hydrogen-bond donors (Lipinski definition) is 2. The van der Waals surface area contributed by atoms with Gasteiger partial charge in [-0.1, -0.05) is 28.1 Å². The van der Waals surface area contributed by atoms with Crippen LogP contribution in [0.25, 0.3) is 0 Å². The monoisotopic (exact) mass is 332 g/mol. The van der Waals surface area contributed by atoms with E-state index in [0.29, 0.717) is 6.42 Å². The number of rotatable bonds is 3. The average molecular weight is 333 g/mol. The average Bonchev–Trinajstić information content (AvgIpc) is 2.39. The number of anilines is 2. The maximum Gasteiger partial charge on any atom is 0.228 e. The Bertz CT molecular complexity index is 636. The van der Waals surface area contributed by atoms with Crippen LogP contribution in [-0.2, 0) is 11.2 Å². The molecule has 0 aliphatic rings. The zero-order valence-electron chi connectivity index (χ0n) is 11.5. The lowest BCUT2D eigenvalue weighted by molar-refractivity contribution is -0.115. The van der Waals surface area contributed by atoms with Crippen LogP contribution in [-0.4, -0.2) is 5.91 Å². The third-order valence-electron chi connectivity index (χ3n) is 3.17. The molecule has 0 bridgehead atoms. The molecule has 0 aliphatic heterocycles. The van der Waals surface area contributed by atoms with Crippen LogP contribution in [0.1, 0.15) is 16.7 Å². The van der Waals surface area contributed by atoms with Crippen LogP contribution in [0.2, 0.25) is 0 Å². The number of aryl methyl sites for hydroxylation is 2. The maximum absolute atomic E-state index is 12.1. The summed E-state index contributed by atoms with van der Waals surface area (Å²) in [6, 6.07) is 11.5. The minimum atomic E-state index is -0.0282. The van der Waals surface area contributed by atoms with E-state index in [1.807, 2.05) is 50.2 Å². The summed E-state index contributed by atoms with van der Waals surface area (Å²) in [6.45, 7) is 3.87. The van der Waals surface area contributed by atoms with Gasteiger partial charge in [0, 0.05) is 15.8 Å². The van der Waals surface area contributed by atoms with Gasteiger partial charge in [-0.25, -0.2) is 0 Å². The molecule has 3 nitrogen and oxygen atoms in total. The Morgan fingerprint density at radius 1 is 1.15 bits per heavy atom. The molecule has 2 aromatic rings. The van der Waals surface area contributed by atoms with E-state index in [1.165, 1.54) is 0 Å². The fourth-order valence-corrected chi connectivity index (χ4v) is 2.22. The molecule has 0 fully saturated rings. The summed E-state index contributed by atoms with van der Waals surface area (Å²) in [5.74, 6) is -0.0282. The highest BCUT2D eigenvalue weighted by Crippen LogP contribution is 2.22. The number of amides is 1. The first kappa shape index (κ1) is 14.6. The van der Waals surface area contributed by atoms with Gasteiger partial charge in [0.1, 0.15) is 0 Å². The van der Waals surface area contributed by atoms with E-state index in [-0.39, 0.29) is 5.91 Å². The molecule has 3 N–H and O–H groups in total. The fraction of sp³-hybridized carbons (Fsp3) is 0.188. The lowest BCUT2D eigenvalue weighted by Gasteiger charge is -2.11. The van der Waals surface area contributed by atoms with E-state index in [2.05, 4.69) is 21.2 Å². The van der Waals surface area contributed by atoms with Gasteiger partial charge in [0.2, 0.25) is 5.91 Å². The van der Waals surface area contributed by atoms with Crippen LogP contribution in [0, 0.1) is 13.8 Å². The molecule has 0 unspecified atom stereocenters. The van der Waals surface area contributed by atoms with Crippen molar-refractivity contribution in [2.24, 2.45) is 0 Å². The number of carbonyl (C=O) groups is 1. The summed E-state index contributed by atoms with van der Waals surface area (Å²) >= 11 is 3.38. The summed E-state index contributed by atoms with van der Waals surface area (Å²) in [5.41, 5.74) is 10.3. The van der Waals surface area contributed by atoms with Gasteiger partial charge in [-0.3, -0.25) is 4.79 Å². The molecule has 0 atom stereocenters. The quantitative estimate of drug-likeness (QED) is 0.839. The van der Waals surface area contributed by atoms with Crippen molar-refractivity contribution in [1.29, 1.82) is 0 Å². The standard InChI is InChI=1S/C16H17BrN2O/c1-10-8-15(11(2)7-14(10)18)19-16(20)9-12-3-5-13(17)6-4-12/h3-8H,9,18H2,1-2H3,(H,19,20). The molecule has 104 valence electrons. The van der Waals surface area contributed by atoms with Crippen LogP contribution in [0.4, 0.5) is 11.4 Å². The van der Waals surface area contributed by atoms with Crippen LogP contribution in [0.3, 0.4) is 0 Å². The molecule has 0 saturated heterocycles. The molecule has 20 heavy (non-hydrogen) atoms. The van der Waals surface area contributed by atoms with E-state index in [0.717, 1.165) is 32.5 Å². The van der Waals surface area contributed by atoms with Crippen LogP contribution in [0.5, 0.6) is 0 Å². The zero-order valence-corrected chi connectivity index (χ0v) is 13.1. The highest BCUT2D eigenvalue weighted by Gasteiger charge is 2.07. The lowest BCUT2D eigenvalue weighted by atomic mass is 10.1. The highest BCUT2D eigenvalue weighted by molar-refractivity contribution is 9.10. The number of carbonyl (C=O) groups excluding carboxylic acids is 1. The number of nitrogen functional groups attached to an aromatic ring is 1. The van der Waals surface area contributed by atoms with Crippen molar-refractivity contribution in [2.75, 3.05) is 11.1 Å². The molecule has 0 radical (unpaired) electrons. The molecular formula is C16H17BrN2O. The minimum Gasteiger partial charge on any atom is -0.399 e. The number of halogens is 1. The van der Waals surface area contributed by atoms with Crippen molar-refractivity contribution in [2.45, 2.75) is 20.3 Å². The SMILES string of the molecule is Cc1cc(NC(=O)Cc2ccc(Br)cc2)c(C)cc1N. The van der Waals surface area contributed by atoms with Gasteiger partial charge in [0.05, 0.1) is 6.42 Å². The number of benzene rings is 2. The Balaban J connectivity index is 2.08. The van der Waals surface area contributed by atoms with Crippen molar-refractivity contribution in [3.8, 4) is 0 Å². The van der Waals surface area contributed by atoms with Crippen molar-refractivity contribution >= 4 is 33.2 Å². The van der Waals surface area contributed by atoms with Gasteiger partial charge >= 0.3 is 0 Å². The fourth-order valence-electron chi connectivity index (χ4n) is 1.96. The summed E-state index contributed by atoms with van der Waals surface area (Å²) in [6.07, 6.45) is 0.357. The third kappa shape index (κ3) is 3.61. The molecule has 0 aromatic heterocycles. The normalized spacial score (nSPS) is 10.3. The second-order valence-corrected chi connectivity index (χ2v) is 5.79. The first-order chi connectivity index (χ1) is 9.45. The predicted octanol–water partition coefficient (Wildman–Crippen LogP) is 3.83. The summed E-state index contributed by atoms with van der Waals surface area (Å²) in [4.78, 5) is 12.1. The Hall–Kier alpha value is -1.81. The zero-order chi connectivity index (χ0) is 14.7. The van der Waals surface area contributed by atoms with E-state index in [4.69, 9.17) is 5.73 Å². The topological polar surface area (TPSA) is 55.1 Å². The molecule has 2 aromatic carbocycles. The largest absolute Gasteiger partial charge is 0.399 e. The van der Waals surface area contributed by atoms with E-state index < -0.39 is 0 Å². The van der Waals surface area contributed by atoms with Crippen LogP contribution >= 0.6 is 15.9 Å². The Morgan fingerprint density at radius 2 is 1.80 bits per heavy atom. The molecule has 4 heteroatoms. The summed E-state index contributed by atoms with van der Waals surface area (Å²) in [5, 5.41) is 2.94. The number of nitrogens with two attached hydrogens (primary N) is 1. The molecular weight excluding hydrogens is 316 g/mol. The van der Waals surface area contributed by atoms with Gasteiger partial charge in [0.25, 0.3) is 0 Å². The van der Waals surface area contributed by atoms with E-state index in [1.54, 1.807) is 0 Å². The first-order valence-corrected chi connectivity index (χ1v) is 7.16. The number of hydrogen-bond acceptors (Lipinski definition) is 2. The second kappa shape index (κ2) is 6.09. The van der Waals surface area contributed by atoms with Gasteiger partial charge < -0.3 is 11.1 Å². The minimum absolute atomic E-state index is 0.0282. The van der Waals surface area contributed by atoms with Crippen molar-refractivity contribution in [3.05, 3.63) is 57.6 Å². The van der Waals surface area contributed by atoms with Crippen molar-refractivity contribution in [3.63, 3.8) is 0 Å². The van der Waals surface area contributed by atoms with E-state index >= 15 is 0 Å². The van der Waals surface area contributed by atoms with Crippen molar-refractivity contribution < 1.29 is 4.79 Å². The van der Waals surface area contributed by atoms with Crippen LogP contribution < -0.4 is 11.1 Å². The lowest BCUT2D eigenvalue weighted by Crippen LogP contribution is -2.15. The highest BCUT2D eigenvalue weighted by atomic mass is 79.9. The Labute approximate surface area is 127 Å². The van der Waals surface area contributed by atoms with Gasteiger partial charge in [-0.05, 0) is 54.8 Å². The van der Waals surface area contributed by atoms with Crippen molar-refractivity contribution in [1.82, 2.24) is 0 Å². The maximum atomic E-state index is 12.1. The summed E-state index contributed by atoms with van der Waals surface area (Å²) in [7, 11) is 0. The van der Waals surface area contributed by atoms with E-state index in [9.17, 15) is 4.79 Å². The molecule has 0 heterocycles. The second-order valence-electron chi connectivity index (χ2n) is 4.88. The summed E-state index contributed by atoms with van der Waals surface area (Å²) < 4.78 is 1.01. The van der Waals surface area contributed by atoms with Crippen LogP contribution in [0.15, 0.2) is 40.9 Å². The molecule has 0 aliphatic carbocycles. The van der Waals surface area contributed by atoms with Gasteiger partial charge in [0.15, 0.2) is 0 Å². The molecule has 2 rings (SSSR count). The van der Waals surface area contributed by atoms with Gasteiger partial charge in [-0.2, -0.15) is 0 Å². The van der Waals surface area contributed by atoms with Gasteiger partial charge in [-0.15, -0.1) is 0 Å². The Morgan fingerprint density at radius 3 is 2.45 bits per heavy atom. The first-order valence-electron chi connectivity index (χ1n) is 6.36. The molecule has 0 spiro atoms. The molecule has 0 saturated carbocycles. The number of nitrogens with one attached hydrogen (secondary N) is 1.